The molecule has 2 saturated heterocycles. The average molecular weight is 268 g/mol. The molecule has 0 aromatic carbocycles. The minimum Gasteiger partial charge on any atom is -0.376 e. The molecule has 0 aromatic rings. The van der Waals surface area contributed by atoms with Crippen molar-refractivity contribution in [1.82, 2.24) is 5.32 Å². The van der Waals surface area contributed by atoms with Crippen molar-refractivity contribution in [3.05, 3.63) is 0 Å². The molecule has 0 bridgehead atoms. The van der Waals surface area contributed by atoms with Gasteiger partial charge >= 0.3 is 0 Å². The Kier molecular flexibility index (Phi) is 3.85. The normalized spacial score (nSPS) is 34.9. The second-order valence-electron chi connectivity index (χ2n) is 5.98. The van der Waals surface area contributed by atoms with Gasteiger partial charge in [-0.05, 0) is 32.6 Å². The maximum atomic E-state index is 5.72. The first kappa shape index (κ1) is 12.8. The quantitative estimate of drug-likeness (QED) is 0.836. The number of amidine groups is 1. The summed E-state index contributed by atoms with van der Waals surface area (Å²) in [6.07, 6.45) is 9.54. The van der Waals surface area contributed by atoms with Gasteiger partial charge in [-0.3, -0.25) is 4.99 Å². The minimum absolute atomic E-state index is 0.307. The van der Waals surface area contributed by atoms with Crippen molar-refractivity contribution >= 4 is 16.9 Å². The molecule has 3 nitrogen and oxygen atoms in total. The molecule has 2 heterocycles. The van der Waals surface area contributed by atoms with E-state index in [1.54, 1.807) is 0 Å². The summed E-state index contributed by atoms with van der Waals surface area (Å²) < 4.78 is 5.72. The number of nitrogens with zero attached hydrogens (tertiary/aromatic N) is 1. The predicted octanol–water partition coefficient (Wildman–Crippen LogP) is 2.95. The average Bonchev–Trinajstić information content (AvgIpc) is 3.01. The first-order chi connectivity index (χ1) is 8.77. The summed E-state index contributed by atoms with van der Waals surface area (Å²) >= 11 is 1.92. The van der Waals surface area contributed by atoms with Gasteiger partial charge in [-0.15, -0.1) is 0 Å². The standard InChI is InChI=1S/C14H24N2OS/c1-11(12-6-5-9-17-12)15-13-16-14(10-18-13)7-3-2-4-8-14/h11-12H,2-10H2,1H3,(H,15,16). The summed E-state index contributed by atoms with van der Waals surface area (Å²) in [5.74, 6) is 1.21. The van der Waals surface area contributed by atoms with Crippen LogP contribution in [0.15, 0.2) is 4.99 Å². The van der Waals surface area contributed by atoms with Crippen molar-refractivity contribution in [3.63, 3.8) is 0 Å². The number of ether oxygens (including phenoxy) is 1. The van der Waals surface area contributed by atoms with Gasteiger partial charge in [0.1, 0.15) is 0 Å². The van der Waals surface area contributed by atoms with Crippen LogP contribution in [-0.2, 0) is 4.74 Å². The van der Waals surface area contributed by atoms with E-state index in [0.29, 0.717) is 17.7 Å². The lowest BCUT2D eigenvalue weighted by Gasteiger charge is -2.32. The third kappa shape index (κ3) is 2.69. The molecule has 2 aliphatic heterocycles. The van der Waals surface area contributed by atoms with Crippen molar-refractivity contribution in [2.24, 2.45) is 4.99 Å². The van der Waals surface area contributed by atoms with Crippen LogP contribution in [0.5, 0.6) is 0 Å². The van der Waals surface area contributed by atoms with E-state index in [9.17, 15) is 0 Å². The number of hydrogen-bond acceptors (Lipinski definition) is 3. The summed E-state index contributed by atoms with van der Waals surface area (Å²) in [6.45, 7) is 3.11. The maximum Gasteiger partial charge on any atom is 0.157 e. The molecular formula is C14H24N2OS. The summed E-state index contributed by atoms with van der Waals surface area (Å²) in [4.78, 5) is 4.85. The van der Waals surface area contributed by atoms with E-state index in [2.05, 4.69) is 12.2 Å². The molecule has 3 aliphatic rings. The highest BCUT2D eigenvalue weighted by atomic mass is 32.2. The van der Waals surface area contributed by atoms with E-state index in [1.165, 1.54) is 55.9 Å². The van der Waals surface area contributed by atoms with Crippen LogP contribution in [-0.4, -0.2) is 35.2 Å². The Balaban J connectivity index is 1.60. The van der Waals surface area contributed by atoms with Gasteiger partial charge in [-0.2, -0.15) is 0 Å². The van der Waals surface area contributed by atoms with E-state index in [1.807, 2.05) is 11.8 Å². The van der Waals surface area contributed by atoms with E-state index >= 15 is 0 Å². The number of aliphatic imine (C=N–C) groups is 1. The lowest BCUT2D eigenvalue weighted by Crippen LogP contribution is -2.45. The van der Waals surface area contributed by atoms with Gasteiger partial charge < -0.3 is 10.1 Å². The molecule has 4 heteroatoms. The van der Waals surface area contributed by atoms with Crippen LogP contribution in [0, 0.1) is 0 Å². The monoisotopic (exact) mass is 268 g/mol. The predicted molar refractivity (Wildman–Crippen MR) is 77.3 cm³/mol. The SMILES string of the molecule is CC(N=C1NC2(CCCCC2)CS1)C1CCCO1. The van der Waals surface area contributed by atoms with Crippen molar-refractivity contribution in [2.75, 3.05) is 12.4 Å². The largest absolute Gasteiger partial charge is 0.376 e. The fraction of sp³-hybridized carbons (Fsp3) is 0.929. The highest BCUT2D eigenvalue weighted by Gasteiger charge is 2.38. The Morgan fingerprint density at radius 2 is 2.17 bits per heavy atom. The Morgan fingerprint density at radius 3 is 2.89 bits per heavy atom. The van der Waals surface area contributed by atoms with Gasteiger partial charge in [0, 0.05) is 17.9 Å². The molecule has 1 saturated carbocycles. The molecule has 1 aliphatic carbocycles. The Morgan fingerprint density at radius 1 is 1.33 bits per heavy atom. The topological polar surface area (TPSA) is 33.6 Å². The molecule has 0 aromatic heterocycles. The lowest BCUT2D eigenvalue weighted by atomic mass is 9.83. The fourth-order valence-corrected chi connectivity index (χ4v) is 4.63. The fourth-order valence-electron chi connectivity index (χ4n) is 3.32. The van der Waals surface area contributed by atoms with E-state index in [4.69, 9.17) is 9.73 Å². The zero-order valence-electron chi connectivity index (χ0n) is 11.3. The summed E-state index contributed by atoms with van der Waals surface area (Å²) in [5.41, 5.74) is 0.373. The van der Waals surface area contributed by atoms with E-state index in [0.717, 1.165) is 6.61 Å². The molecule has 3 fully saturated rings. The van der Waals surface area contributed by atoms with Crippen LogP contribution >= 0.6 is 11.8 Å². The molecule has 3 rings (SSSR count). The molecule has 1 N–H and O–H groups in total. The van der Waals surface area contributed by atoms with Gasteiger partial charge in [0.05, 0.1) is 12.1 Å². The van der Waals surface area contributed by atoms with Gasteiger partial charge in [0.2, 0.25) is 0 Å². The molecule has 0 amide bonds. The van der Waals surface area contributed by atoms with Crippen LogP contribution in [0.2, 0.25) is 0 Å². The minimum atomic E-state index is 0.307. The Labute approximate surface area is 114 Å². The van der Waals surface area contributed by atoms with E-state index in [-0.39, 0.29) is 0 Å². The molecule has 102 valence electrons. The highest BCUT2D eigenvalue weighted by molar-refractivity contribution is 8.14. The molecule has 1 spiro atoms. The van der Waals surface area contributed by atoms with Crippen molar-refractivity contribution < 1.29 is 4.74 Å². The van der Waals surface area contributed by atoms with Crippen molar-refractivity contribution in [1.29, 1.82) is 0 Å². The van der Waals surface area contributed by atoms with Gasteiger partial charge in [0.25, 0.3) is 0 Å². The third-order valence-electron chi connectivity index (χ3n) is 4.49. The van der Waals surface area contributed by atoms with Crippen LogP contribution < -0.4 is 5.32 Å². The second-order valence-corrected chi connectivity index (χ2v) is 6.95. The Bertz CT molecular complexity index is 320. The maximum absolute atomic E-state index is 5.72. The molecule has 18 heavy (non-hydrogen) atoms. The van der Waals surface area contributed by atoms with Crippen LogP contribution in [0.25, 0.3) is 0 Å². The van der Waals surface area contributed by atoms with Crippen LogP contribution in [0.3, 0.4) is 0 Å². The third-order valence-corrected chi connectivity index (χ3v) is 5.67. The number of nitrogens with one attached hydrogen (secondary N) is 1. The summed E-state index contributed by atoms with van der Waals surface area (Å²) in [6, 6.07) is 0.307. The smallest absolute Gasteiger partial charge is 0.157 e. The van der Waals surface area contributed by atoms with Crippen LogP contribution in [0.1, 0.15) is 51.9 Å². The lowest BCUT2D eigenvalue weighted by molar-refractivity contribution is 0.0953. The summed E-state index contributed by atoms with van der Waals surface area (Å²) in [5, 5.41) is 4.88. The zero-order valence-corrected chi connectivity index (χ0v) is 12.1. The summed E-state index contributed by atoms with van der Waals surface area (Å²) in [7, 11) is 0. The number of thioether (sulfide) groups is 1. The molecule has 2 atom stereocenters. The zero-order chi connectivity index (χ0) is 12.4. The van der Waals surface area contributed by atoms with Crippen molar-refractivity contribution in [3.8, 4) is 0 Å². The highest BCUT2D eigenvalue weighted by Crippen LogP contribution is 2.36. The second kappa shape index (κ2) is 5.41. The van der Waals surface area contributed by atoms with E-state index < -0.39 is 0 Å². The molecule has 0 radical (unpaired) electrons. The first-order valence-electron chi connectivity index (χ1n) is 7.38. The van der Waals surface area contributed by atoms with Crippen LogP contribution in [0.4, 0.5) is 0 Å². The van der Waals surface area contributed by atoms with Gasteiger partial charge in [-0.25, -0.2) is 0 Å². The number of hydrogen-bond donors (Lipinski definition) is 1. The Hall–Kier alpha value is -0.220. The molecule has 2 unspecified atom stereocenters. The van der Waals surface area contributed by atoms with Gasteiger partial charge in [0.15, 0.2) is 5.17 Å². The molecular weight excluding hydrogens is 244 g/mol. The first-order valence-corrected chi connectivity index (χ1v) is 8.36. The van der Waals surface area contributed by atoms with Crippen molar-refractivity contribution in [2.45, 2.75) is 69.6 Å². The number of rotatable bonds is 2. The van der Waals surface area contributed by atoms with Gasteiger partial charge in [-0.1, -0.05) is 31.0 Å².